The zero-order chi connectivity index (χ0) is 11.8. The van der Waals surface area contributed by atoms with E-state index in [1.165, 1.54) is 0 Å². The van der Waals surface area contributed by atoms with E-state index in [9.17, 15) is 4.79 Å². The first kappa shape index (κ1) is 10.4. The topological polar surface area (TPSA) is 38.8 Å². The highest BCUT2D eigenvalue weighted by Gasteiger charge is 2.32. The van der Waals surface area contributed by atoms with Crippen LogP contribution in [0.5, 0.6) is 11.5 Å². The van der Waals surface area contributed by atoms with Crippen molar-refractivity contribution >= 4 is 11.6 Å². The monoisotopic (exact) mass is 233 g/mol. The predicted molar refractivity (Wildman–Crippen MR) is 63.6 cm³/mol. The Hall–Kier alpha value is -1.71. The number of carbonyl (C=O) groups is 1. The third-order valence-corrected chi connectivity index (χ3v) is 3.17. The van der Waals surface area contributed by atoms with Gasteiger partial charge in [0.25, 0.3) is 0 Å². The zero-order valence-corrected chi connectivity index (χ0v) is 9.81. The number of hydrogen-bond acceptors (Lipinski definition) is 3. The van der Waals surface area contributed by atoms with Crippen LogP contribution in [0.15, 0.2) is 18.2 Å². The Morgan fingerprint density at radius 2 is 1.94 bits per heavy atom. The molecule has 0 radical (unpaired) electrons. The summed E-state index contributed by atoms with van der Waals surface area (Å²) in [7, 11) is 1.81. The quantitative estimate of drug-likeness (QED) is 0.782. The molecule has 1 amide bonds. The van der Waals surface area contributed by atoms with Crippen molar-refractivity contribution in [2.45, 2.75) is 12.8 Å². The molecular weight excluding hydrogens is 218 g/mol. The number of anilines is 1. The van der Waals surface area contributed by atoms with Gasteiger partial charge in [0.05, 0.1) is 0 Å². The molecule has 1 aliphatic carbocycles. The van der Waals surface area contributed by atoms with Crippen LogP contribution in [-0.4, -0.2) is 26.2 Å². The van der Waals surface area contributed by atoms with Gasteiger partial charge in [0.15, 0.2) is 11.5 Å². The number of fused-ring (bicyclic) bond motifs is 1. The molecule has 0 spiro atoms. The van der Waals surface area contributed by atoms with Gasteiger partial charge in [-0.05, 0) is 25.0 Å². The SMILES string of the molecule is CN(C(=O)C1CC1)c1ccc2c(c1)OCCO2. The van der Waals surface area contributed by atoms with E-state index in [0.29, 0.717) is 13.2 Å². The Morgan fingerprint density at radius 1 is 1.24 bits per heavy atom. The van der Waals surface area contributed by atoms with Crippen molar-refractivity contribution in [2.75, 3.05) is 25.2 Å². The lowest BCUT2D eigenvalue weighted by Crippen LogP contribution is -2.27. The van der Waals surface area contributed by atoms with Crippen LogP contribution in [0.4, 0.5) is 5.69 Å². The second-order valence-electron chi connectivity index (χ2n) is 4.50. The van der Waals surface area contributed by atoms with Crippen LogP contribution in [-0.2, 0) is 4.79 Å². The van der Waals surface area contributed by atoms with Crippen LogP contribution in [0, 0.1) is 5.92 Å². The number of amides is 1. The Labute approximate surface area is 100 Å². The zero-order valence-electron chi connectivity index (χ0n) is 9.81. The second kappa shape index (κ2) is 3.95. The van der Waals surface area contributed by atoms with E-state index in [1.54, 1.807) is 4.90 Å². The summed E-state index contributed by atoms with van der Waals surface area (Å²) in [6.07, 6.45) is 2.04. The minimum atomic E-state index is 0.196. The standard InChI is InChI=1S/C13H15NO3/c1-14(13(15)9-2-3-9)10-4-5-11-12(8-10)17-7-6-16-11/h4-5,8-9H,2-3,6-7H2,1H3. The molecule has 0 bridgehead atoms. The Kier molecular flexibility index (Phi) is 2.42. The highest BCUT2D eigenvalue weighted by molar-refractivity contribution is 5.96. The van der Waals surface area contributed by atoms with Crippen molar-refractivity contribution in [1.82, 2.24) is 0 Å². The predicted octanol–water partition coefficient (Wildman–Crippen LogP) is 1.83. The molecule has 1 aliphatic heterocycles. The molecule has 2 aliphatic rings. The van der Waals surface area contributed by atoms with E-state index < -0.39 is 0 Å². The van der Waals surface area contributed by atoms with Crippen molar-refractivity contribution in [3.05, 3.63) is 18.2 Å². The number of carbonyl (C=O) groups excluding carboxylic acids is 1. The average molecular weight is 233 g/mol. The maximum absolute atomic E-state index is 11.9. The summed E-state index contributed by atoms with van der Waals surface area (Å²) in [5.41, 5.74) is 0.867. The summed E-state index contributed by atoms with van der Waals surface area (Å²) in [6.45, 7) is 1.15. The molecule has 0 N–H and O–H groups in total. The van der Waals surface area contributed by atoms with Crippen LogP contribution in [0.2, 0.25) is 0 Å². The Balaban J connectivity index is 1.84. The molecule has 1 aromatic rings. The third kappa shape index (κ3) is 1.95. The second-order valence-corrected chi connectivity index (χ2v) is 4.50. The first-order valence-corrected chi connectivity index (χ1v) is 5.93. The molecule has 90 valence electrons. The van der Waals surface area contributed by atoms with E-state index in [-0.39, 0.29) is 11.8 Å². The largest absolute Gasteiger partial charge is 0.486 e. The molecule has 0 aromatic heterocycles. The molecule has 1 fully saturated rings. The van der Waals surface area contributed by atoms with E-state index in [2.05, 4.69) is 0 Å². The lowest BCUT2D eigenvalue weighted by molar-refractivity contribution is -0.119. The molecule has 0 saturated heterocycles. The van der Waals surface area contributed by atoms with Gasteiger partial charge < -0.3 is 14.4 Å². The summed E-state index contributed by atoms with van der Waals surface area (Å²) < 4.78 is 11.0. The fraction of sp³-hybridized carbons (Fsp3) is 0.462. The van der Waals surface area contributed by atoms with Crippen LogP contribution < -0.4 is 14.4 Å². The van der Waals surface area contributed by atoms with Crippen molar-refractivity contribution in [2.24, 2.45) is 5.92 Å². The van der Waals surface area contributed by atoms with Crippen molar-refractivity contribution < 1.29 is 14.3 Å². The smallest absolute Gasteiger partial charge is 0.229 e. The highest BCUT2D eigenvalue weighted by atomic mass is 16.6. The van der Waals surface area contributed by atoms with Crippen LogP contribution in [0.3, 0.4) is 0 Å². The van der Waals surface area contributed by atoms with Gasteiger partial charge in [-0.2, -0.15) is 0 Å². The van der Waals surface area contributed by atoms with Gasteiger partial charge in [0.1, 0.15) is 13.2 Å². The van der Waals surface area contributed by atoms with Gasteiger partial charge in [0, 0.05) is 24.7 Å². The van der Waals surface area contributed by atoms with Gasteiger partial charge in [-0.1, -0.05) is 0 Å². The summed E-state index contributed by atoms with van der Waals surface area (Å²) in [5, 5.41) is 0. The number of benzene rings is 1. The molecule has 1 aromatic carbocycles. The van der Waals surface area contributed by atoms with Crippen LogP contribution in [0.1, 0.15) is 12.8 Å². The van der Waals surface area contributed by atoms with Gasteiger partial charge in [0.2, 0.25) is 5.91 Å². The Bertz CT molecular complexity index is 454. The summed E-state index contributed by atoms with van der Waals surface area (Å²) >= 11 is 0. The molecule has 0 atom stereocenters. The van der Waals surface area contributed by atoms with Gasteiger partial charge >= 0.3 is 0 Å². The fourth-order valence-corrected chi connectivity index (χ4v) is 1.97. The van der Waals surface area contributed by atoms with E-state index in [1.807, 2.05) is 25.2 Å². The average Bonchev–Trinajstić information content (AvgIpc) is 3.21. The lowest BCUT2D eigenvalue weighted by Gasteiger charge is -2.22. The molecule has 17 heavy (non-hydrogen) atoms. The third-order valence-electron chi connectivity index (χ3n) is 3.17. The minimum Gasteiger partial charge on any atom is -0.486 e. The molecule has 0 unspecified atom stereocenters. The van der Waals surface area contributed by atoms with Crippen LogP contribution in [0.25, 0.3) is 0 Å². The Morgan fingerprint density at radius 3 is 2.65 bits per heavy atom. The highest BCUT2D eigenvalue weighted by Crippen LogP contribution is 2.36. The number of nitrogens with zero attached hydrogens (tertiary/aromatic N) is 1. The normalized spacial score (nSPS) is 17.7. The minimum absolute atomic E-state index is 0.196. The lowest BCUT2D eigenvalue weighted by atomic mass is 10.2. The van der Waals surface area contributed by atoms with Crippen molar-refractivity contribution in [3.8, 4) is 11.5 Å². The van der Waals surface area contributed by atoms with Crippen molar-refractivity contribution in [3.63, 3.8) is 0 Å². The summed E-state index contributed by atoms with van der Waals surface area (Å²) in [5.74, 6) is 1.91. The van der Waals surface area contributed by atoms with Crippen molar-refractivity contribution in [1.29, 1.82) is 0 Å². The maximum Gasteiger partial charge on any atom is 0.229 e. The van der Waals surface area contributed by atoms with E-state index in [4.69, 9.17) is 9.47 Å². The van der Waals surface area contributed by atoms with Gasteiger partial charge in [-0.15, -0.1) is 0 Å². The molecule has 3 rings (SSSR count). The van der Waals surface area contributed by atoms with Gasteiger partial charge in [-0.25, -0.2) is 0 Å². The number of rotatable bonds is 2. The molecule has 1 saturated carbocycles. The number of hydrogen-bond donors (Lipinski definition) is 0. The number of ether oxygens (including phenoxy) is 2. The van der Waals surface area contributed by atoms with E-state index in [0.717, 1.165) is 30.0 Å². The molecule has 4 heteroatoms. The first-order valence-electron chi connectivity index (χ1n) is 5.93. The van der Waals surface area contributed by atoms with E-state index >= 15 is 0 Å². The molecule has 1 heterocycles. The van der Waals surface area contributed by atoms with Crippen LogP contribution >= 0.6 is 0 Å². The van der Waals surface area contributed by atoms with Gasteiger partial charge in [-0.3, -0.25) is 4.79 Å². The maximum atomic E-state index is 11.9. The fourth-order valence-electron chi connectivity index (χ4n) is 1.97. The molecule has 4 nitrogen and oxygen atoms in total. The molecular formula is C13H15NO3. The summed E-state index contributed by atoms with van der Waals surface area (Å²) in [6, 6.07) is 5.63. The first-order chi connectivity index (χ1) is 8.25. The summed E-state index contributed by atoms with van der Waals surface area (Å²) in [4.78, 5) is 13.6.